The number of nitrogens with zero attached hydrogens (tertiary/aromatic N) is 3. The zero-order valence-corrected chi connectivity index (χ0v) is 34.1. The molecule has 292 valence electrons. The van der Waals surface area contributed by atoms with Crippen LogP contribution in [-0.2, 0) is 0 Å². The van der Waals surface area contributed by atoms with E-state index >= 15 is 0 Å². The molecule has 2 aromatic heterocycles. The van der Waals surface area contributed by atoms with Crippen molar-refractivity contribution in [2.24, 2.45) is 0 Å². The number of pyridine rings is 1. The Bertz CT molecular complexity index is 3300. The van der Waals surface area contributed by atoms with Gasteiger partial charge in [-0.3, -0.25) is 0 Å². The van der Waals surface area contributed by atoms with Gasteiger partial charge in [0.25, 0.3) is 0 Å². The van der Waals surface area contributed by atoms with Crippen molar-refractivity contribution in [3.63, 3.8) is 0 Å². The molecule has 62 heavy (non-hydrogen) atoms. The van der Waals surface area contributed by atoms with Gasteiger partial charge in [-0.2, -0.15) is 0 Å². The molecule has 3 nitrogen and oxygen atoms in total. The first kappa shape index (κ1) is 37.0. The summed E-state index contributed by atoms with van der Waals surface area (Å²) >= 11 is 0. The van der Waals surface area contributed by atoms with Gasteiger partial charge >= 0.3 is 0 Å². The molecule has 0 saturated carbocycles. The molecule has 0 spiro atoms. The van der Waals surface area contributed by atoms with Gasteiger partial charge < -0.3 is 0 Å². The zero-order chi connectivity index (χ0) is 41.2. The number of hydrogen-bond donors (Lipinski definition) is 0. The van der Waals surface area contributed by atoms with Crippen molar-refractivity contribution >= 4 is 27.2 Å². The molecule has 11 rings (SSSR count). The SMILES string of the molecule is C1=CC(c2ccccc2)=CC(c2nc(-c3cccc(-c4ccccc4)c3)cc(-c3cccc(-c4cc5nc(-c6ccccc6)cc(-c6ccccc6)c5c5ccccc45)c3)n2)C1. The lowest BCUT2D eigenvalue weighted by Gasteiger charge is -2.19. The highest BCUT2D eigenvalue weighted by molar-refractivity contribution is 6.18. The second-order valence-corrected chi connectivity index (χ2v) is 15.9. The molecular weight excluding hydrogens is 751 g/mol. The molecule has 1 atom stereocenters. The lowest BCUT2D eigenvalue weighted by Crippen LogP contribution is -2.07. The summed E-state index contributed by atoms with van der Waals surface area (Å²) in [4.78, 5) is 16.1. The molecule has 1 aliphatic rings. The van der Waals surface area contributed by atoms with Crippen LogP contribution in [0.3, 0.4) is 0 Å². The highest BCUT2D eigenvalue weighted by atomic mass is 14.9. The number of allylic oxidation sites excluding steroid dienone is 4. The number of benzene rings is 8. The second-order valence-electron chi connectivity index (χ2n) is 15.9. The van der Waals surface area contributed by atoms with Crippen LogP contribution in [-0.4, -0.2) is 15.0 Å². The molecule has 0 bridgehead atoms. The third kappa shape index (κ3) is 7.20. The van der Waals surface area contributed by atoms with Gasteiger partial charge in [0.05, 0.1) is 22.6 Å². The first-order valence-electron chi connectivity index (χ1n) is 21.3. The van der Waals surface area contributed by atoms with Gasteiger partial charge in [0.15, 0.2) is 0 Å². The molecule has 8 aromatic carbocycles. The minimum Gasteiger partial charge on any atom is -0.248 e. The van der Waals surface area contributed by atoms with E-state index in [1.165, 1.54) is 38.6 Å². The van der Waals surface area contributed by atoms with E-state index in [-0.39, 0.29) is 5.92 Å². The van der Waals surface area contributed by atoms with Gasteiger partial charge in [-0.15, -0.1) is 0 Å². The summed E-state index contributed by atoms with van der Waals surface area (Å²) in [7, 11) is 0. The van der Waals surface area contributed by atoms with Crippen LogP contribution in [0, 0.1) is 0 Å². The topological polar surface area (TPSA) is 38.7 Å². The Kier molecular flexibility index (Phi) is 9.68. The molecule has 2 heterocycles. The molecule has 3 heteroatoms. The van der Waals surface area contributed by atoms with Crippen molar-refractivity contribution in [3.05, 3.63) is 242 Å². The Balaban J connectivity index is 1.08. The average Bonchev–Trinajstić information content (AvgIpc) is 3.37. The van der Waals surface area contributed by atoms with E-state index in [9.17, 15) is 0 Å². The first-order valence-corrected chi connectivity index (χ1v) is 21.3. The minimum absolute atomic E-state index is 0.0162. The smallest absolute Gasteiger partial charge is 0.136 e. The van der Waals surface area contributed by atoms with E-state index in [4.69, 9.17) is 15.0 Å². The van der Waals surface area contributed by atoms with Gasteiger partial charge in [0.2, 0.25) is 0 Å². The molecule has 0 N–H and O–H groups in total. The Morgan fingerprint density at radius 3 is 1.55 bits per heavy atom. The van der Waals surface area contributed by atoms with Crippen molar-refractivity contribution < 1.29 is 0 Å². The van der Waals surface area contributed by atoms with Crippen molar-refractivity contribution in [2.45, 2.75) is 12.3 Å². The van der Waals surface area contributed by atoms with Gasteiger partial charge in [-0.1, -0.05) is 200 Å². The van der Waals surface area contributed by atoms with Crippen molar-refractivity contribution in [1.29, 1.82) is 0 Å². The van der Waals surface area contributed by atoms with Gasteiger partial charge in [0.1, 0.15) is 5.82 Å². The lowest BCUT2D eigenvalue weighted by atomic mass is 9.89. The van der Waals surface area contributed by atoms with Crippen molar-refractivity contribution in [3.8, 4) is 67.2 Å². The molecular formula is C59H41N3. The van der Waals surface area contributed by atoms with Crippen LogP contribution in [0.25, 0.3) is 94.4 Å². The molecule has 0 radical (unpaired) electrons. The predicted molar refractivity (Wildman–Crippen MR) is 258 cm³/mol. The summed E-state index contributed by atoms with van der Waals surface area (Å²) in [6.45, 7) is 0. The van der Waals surface area contributed by atoms with Gasteiger partial charge in [-0.05, 0) is 92.0 Å². The van der Waals surface area contributed by atoms with Gasteiger partial charge in [0, 0.05) is 28.0 Å². The fourth-order valence-electron chi connectivity index (χ4n) is 8.89. The Morgan fingerprint density at radius 2 is 0.871 bits per heavy atom. The van der Waals surface area contributed by atoms with Crippen LogP contribution in [0.1, 0.15) is 23.7 Å². The maximum absolute atomic E-state index is 5.40. The molecule has 1 aliphatic carbocycles. The second kappa shape index (κ2) is 16.2. The highest BCUT2D eigenvalue weighted by Gasteiger charge is 2.21. The zero-order valence-electron chi connectivity index (χ0n) is 34.1. The first-order chi connectivity index (χ1) is 30.7. The summed E-state index contributed by atoms with van der Waals surface area (Å²) < 4.78 is 0. The highest BCUT2D eigenvalue weighted by Crippen LogP contribution is 2.42. The monoisotopic (exact) mass is 791 g/mol. The van der Waals surface area contributed by atoms with E-state index in [1.807, 2.05) is 0 Å². The summed E-state index contributed by atoms with van der Waals surface area (Å²) in [6.07, 6.45) is 7.63. The van der Waals surface area contributed by atoms with E-state index in [0.717, 1.165) is 73.6 Å². The third-order valence-corrected chi connectivity index (χ3v) is 12.0. The third-order valence-electron chi connectivity index (χ3n) is 12.0. The number of fused-ring (bicyclic) bond motifs is 3. The molecule has 0 amide bonds. The predicted octanol–water partition coefficient (Wildman–Crippen LogP) is 15.3. The van der Waals surface area contributed by atoms with E-state index in [2.05, 4.69) is 231 Å². The van der Waals surface area contributed by atoms with E-state index in [0.29, 0.717) is 0 Å². The van der Waals surface area contributed by atoms with Crippen molar-refractivity contribution in [1.82, 2.24) is 15.0 Å². The maximum Gasteiger partial charge on any atom is 0.136 e. The van der Waals surface area contributed by atoms with Crippen LogP contribution in [0.15, 0.2) is 231 Å². The molecule has 1 unspecified atom stereocenters. The summed E-state index contributed by atoms with van der Waals surface area (Å²) in [5, 5.41) is 3.50. The Hall–Kier alpha value is -8.01. The normalized spacial score (nSPS) is 13.6. The fraction of sp³-hybridized carbons (Fsp3) is 0.0339. The Morgan fingerprint density at radius 1 is 0.355 bits per heavy atom. The van der Waals surface area contributed by atoms with Gasteiger partial charge in [-0.25, -0.2) is 15.0 Å². The largest absolute Gasteiger partial charge is 0.248 e. The fourth-order valence-corrected chi connectivity index (χ4v) is 8.89. The van der Waals surface area contributed by atoms with Crippen LogP contribution in [0.5, 0.6) is 0 Å². The van der Waals surface area contributed by atoms with Crippen molar-refractivity contribution in [2.75, 3.05) is 0 Å². The summed E-state index contributed by atoms with van der Waals surface area (Å²) in [5.41, 5.74) is 16.2. The van der Waals surface area contributed by atoms with E-state index in [1.54, 1.807) is 0 Å². The quantitative estimate of drug-likeness (QED) is 0.144. The molecule has 0 saturated heterocycles. The standard InChI is InChI=1S/C59H41N3/c1-5-18-40(19-6-1)44-26-15-29-47(34-44)55-39-56(62-59(61-55)49-31-16-27-45(35-49)41-20-7-2-8-21-41)48-30-17-28-46(36-48)52-37-57-58(51-33-14-13-32-50(51)52)53(42-22-9-3-10-23-42)38-54(60-57)43-24-11-4-12-25-43/h1-30,32-39,49H,31H2. The summed E-state index contributed by atoms with van der Waals surface area (Å²) in [5.74, 6) is 0.829. The minimum atomic E-state index is 0.0162. The molecule has 10 aromatic rings. The average molecular weight is 792 g/mol. The lowest BCUT2D eigenvalue weighted by molar-refractivity contribution is 0.777. The number of hydrogen-bond acceptors (Lipinski definition) is 3. The van der Waals surface area contributed by atoms with Crippen LogP contribution < -0.4 is 0 Å². The Labute approximate surface area is 362 Å². The summed E-state index contributed by atoms with van der Waals surface area (Å²) in [6, 6.07) is 75.3. The number of aromatic nitrogens is 3. The molecule has 0 aliphatic heterocycles. The maximum atomic E-state index is 5.40. The molecule has 0 fully saturated rings. The number of rotatable bonds is 8. The van der Waals surface area contributed by atoms with Crippen LogP contribution >= 0.6 is 0 Å². The van der Waals surface area contributed by atoms with Crippen LogP contribution in [0.4, 0.5) is 0 Å². The van der Waals surface area contributed by atoms with E-state index < -0.39 is 0 Å². The van der Waals surface area contributed by atoms with Crippen LogP contribution in [0.2, 0.25) is 0 Å².